The fraction of sp³-hybridized carbons (Fsp3) is 0.458. The summed E-state index contributed by atoms with van der Waals surface area (Å²) in [5, 5.41) is 11.7. The zero-order valence-electron chi connectivity index (χ0n) is 19.7. The maximum Gasteiger partial charge on any atom is 0.295 e. The number of nitro groups is 1. The van der Waals surface area contributed by atoms with E-state index in [0.29, 0.717) is 18.8 Å². The van der Waals surface area contributed by atoms with Gasteiger partial charge < -0.3 is 19.6 Å². The van der Waals surface area contributed by atoms with Gasteiger partial charge in [0.15, 0.2) is 5.82 Å². The minimum Gasteiger partial charge on any atom is -0.367 e. The molecular formula is C24H28F3N5O3. The van der Waals surface area contributed by atoms with E-state index < -0.39 is 39.9 Å². The highest BCUT2D eigenvalue weighted by molar-refractivity contribution is 5.95. The highest BCUT2D eigenvalue weighted by Crippen LogP contribution is 2.36. The Balaban J connectivity index is 1.58. The second kappa shape index (κ2) is 10.1. The van der Waals surface area contributed by atoms with Crippen LogP contribution in [0.2, 0.25) is 0 Å². The standard InChI is InChI=1S/C24H28F3N5O3/c1-3-28-7-9-29(10-8-28)20-14-21(22(32(34)35)13-19(20)27)30-11-12-31(16(2)15-30)24(33)23-17(25)5-4-6-18(23)26/h4-6,13-14,16H,3,7-12,15H2,1-2H3. The summed E-state index contributed by atoms with van der Waals surface area (Å²) in [4.78, 5) is 31.2. The molecule has 35 heavy (non-hydrogen) atoms. The summed E-state index contributed by atoms with van der Waals surface area (Å²) >= 11 is 0. The molecule has 0 spiro atoms. The van der Waals surface area contributed by atoms with Gasteiger partial charge in [0, 0.05) is 51.9 Å². The van der Waals surface area contributed by atoms with Gasteiger partial charge in [0.25, 0.3) is 11.6 Å². The first-order valence-corrected chi connectivity index (χ1v) is 11.7. The quantitative estimate of drug-likeness (QED) is 0.471. The van der Waals surface area contributed by atoms with Crippen molar-refractivity contribution >= 4 is 23.0 Å². The largest absolute Gasteiger partial charge is 0.367 e. The molecule has 0 bridgehead atoms. The SMILES string of the molecule is CCN1CCN(c2cc(N3CCN(C(=O)c4c(F)cccc4F)C(C)C3)c([N+](=O)[O-])cc2F)CC1. The second-order valence-corrected chi connectivity index (χ2v) is 8.86. The lowest BCUT2D eigenvalue weighted by molar-refractivity contribution is -0.384. The molecule has 8 nitrogen and oxygen atoms in total. The predicted octanol–water partition coefficient (Wildman–Crippen LogP) is 3.50. The maximum atomic E-state index is 14.9. The Morgan fingerprint density at radius 1 is 0.971 bits per heavy atom. The van der Waals surface area contributed by atoms with Gasteiger partial charge >= 0.3 is 0 Å². The molecule has 1 amide bonds. The van der Waals surface area contributed by atoms with Gasteiger partial charge in [0.05, 0.1) is 16.7 Å². The van der Waals surface area contributed by atoms with Crippen LogP contribution in [0.1, 0.15) is 24.2 Å². The highest BCUT2D eigenvalue weighted by Gasteiger charge is 2.34. The Morgan fingerprint density at radius 2 is 1.60 bits per heavy atom. The summed E-state index contributed by atoms with van der Waals surface area (Å²) in [5.41, 5.74) is -0.402. The number of rotatable bonds is 5. The Bertz CT molecular complexity index is 1100. The molecule has 2 fully saturated rings. The van der Waals surface area contributed by atoms with Gasteiger partial charge in [0.2, 0.25) is 0 Å². The summed E-state index contributed by atoms with van der Waals surface area (Å²) in [6.07, 6.45) is 0. The van der Waals surface area contributed by atoms with E-state index in [1.165, 1.54) is 17.0 Å². The minimum absolute atomic E-state index is 0.104. The summed E-state index contributed by atoms with van der Waals surface area (Å²) in [7, 11) is 0. The fourth-order valence-electron chi connectivity index (χ4n) is 4.81. The Hall–Kier alpha value is -3.34. The van der Waals surface area contributed by atoms with Crippen LogP contribution in [0, 0.1) is 27.6 Å². The van der Waals surface area contributed by atoms with Crippen molar-refractivity contribution in [1.29, 1.82) is 0 Å². The number of piperazine rings is 2. The number of amides is 1. The zero-order chi connectivity index (χ0) is 25.3. The summed E-state index contributed by atoms with van der Waals surface area (Å²) in [5.74, 6) is -3.30. The number of halogens is 3. The van der Waals surface area contributed by atoms with Gasteiger partial charge in [0.1, 0.15) is 22.9 Å². The van der Waals surface area contributed by atoms with Gasteiger partial charge in [-0.15, -0.1) is 0 Å². The maximum absolute atomic E-state index is 14.9. The average Bonchev–Trinajstić information content (AvgIpc) is 2.83. The van der Waals surface area contributed by atoms with E-state index >= 15 is 0 Å². The van der Waals surface area contributed by atoms with Gasteiger partial charge in [-0.2, -0.15) is 0 Å². The lowest BCUT2D eigenvalue weighted by atomic mass is 10.1. The van der Waals surface area contributed by atoms with Gasteiger partial charge in [-0.1, -0.05) is 13.0 Å². The van der Waals surface area contributed by atoms with E-state index in [0.717, 1.165) is 37.8 Å². The summed E-state index contributed by atoms with van der Waals surface area (Å²) in [6, 6.07) is 5.22. The number of carbonyl (C=O) groups excluding carboxylic acids is 1. The fourth-order valence-corrected chi connectivity index (χ4v) is 4.81. The molecule has 0 aliphatic carbocycles. The molecule has 2 heterocycles. The van der Waals surface area contributed by atoms with E-state index in [1.807, 2.05) is 4.90 Å². The van der Waals surface area contributed by atoms with Crippen LogP contribution in [0.5, 0.6) is 0 Å². The number of likely N-dealkylation sites (N-methyl/N-ethyl adjacent to an activating group) is 1. The van der Waals surface area contributed by atoms with Crippen molar-refractivity contribution in [3.05, 3.63) is 63.5 Å². The molecule has 2 aliphatic heterocycles. The molecule has 0 aromatic heterocycles. The smallest absolute Gasteiger partial charge is 0.295 e. The van der Waals surface area contributed by atoms with Crippen molar-refractivity contribution < 1.29 is 22.9 Å². The molecule has 0 radical (unpaired) electrons. The molecule has 0 N–H and O–H groups in total. The summed E-state index contributed by atoms with van der Waals surface area (Å²) < 4.78 is 43.2. The van der Waals surface area contributed by atoms with E-state index in [-0.39, 0.29) is 31.0 Å². The van der Waals surface area contributed by atoms with Gasteiger partial charge in [-0.3, -0.25) is 14.9 Å². The first kappa shape index (κ1) is 24.8. The van der Waals surface area contributed by atoms with E-state index in [1.54, 1.807) is 11.8 Å². The minimum atomic E-state index is -0.938. The molecule has 1 atom stereocenters. The number of benzene rings is 2. The molecule has 4 rings (SSSR count). The lowest BCUT2D eigenvalue weighted by Gasteiger charge is -2.41. The van der Waals surface area contributed by atoms with Crippen LogP contribution in [0.15, 0.2) is 30.3 Å². The molecule has 1 unspecified atom stereocenters. The number of anilines is 2. The molecule has 2 aromatic rings. The Kier molecular flexibility index (Phi) is 7.15. The molecule has 11 heteroatoms. The third kappa shape index (κ3) is 4.90. The number of hydrogen-bond acceptors (Lipinski definition) is 6. The molecule has 188 valence electrons. The molecular weight excluding hydrogens is 463 g/mol. The lowest BCUT2D eigenvalue weighted by Crippen LogP contribution is -2.54. The first-order valence-electron chi connectivity index (χ1n) is 11.7. The van der Waals surface area contributed by atoms with Crippen LogP contribution >= 0.6 is 0 Å². The number of nitrogens with zero attached hydrogens (tertiary/aromatic N) is 5. The summed E-state index contributed by atoms with van der Waals surface area (Å²) in [6.45, 7) is 7.92. The van der Waals surface area contributed by atoms with Gasteiger partial charge in [-0.25, -0.2) is 13.2 Å². The number of nitro benzene ring substituents is 1. The average molecular weight is 492 g/mol. The molecule has 0 saturated carbocycles. The van der Waals surface area contributed by atoms with Crippen LogP contribution < -0.4 is 9.80 Å². The van der Waals surface area contributed by atoms with E-state index in [9.17, 15) is 28.1 Å². The number of carbonyl (C=O) groups is 1. The van der Waals surface area contributed by atoms with E-state index in [2.05, 4.69) is 11.8 Å². The van der Waals surface area contributed by atoms with Crippen molar-refractivity contribution in [3.8, 4) is 0 Å². The van der Waals surface area contributed by atoms with Crippen LogP contribution in [-0.2, 0) is 0 Å². The van der Waals surface area contributed by atoms with Crippen molar-refractivity contribution in [2.24, 2.45) is 0 Å². The van der Waals surface area contributed by atoms with Crippen LogP contribution in [-0.4, -0.2) is 79.0 Å². The van der Waals surface area contributed by atoms with Crippen molar-refractivity contribution in [3.63, 3.8) is 0 Å². The third-order valence-electron chi connectivity index (χ3n) is 6.81. The third-order valence-corrected chi connectivity index (χ3v) is 6.81. The van der Waals surface area contributed by atoms with Crippen LogP contribution in [0.3, 0.4) is 0 Å². The topological polar surface area (TPSA) is 73.2 Å². The van der Waals surface area contributed by atoms with Crippen molar-refractivity contribution in [2.45, 2.75) is 19.9 Å². The Morgan fingerprint density at radius 3 is 2.17 bits per heavy atom. The predicted molar refractivity (Wildman–Crippen MR) is 126 cm³/mol. The van der Waals surface area contributed by atoms with Gasteiger partial charge in [-0.05, 0) is 31.7 Å². The molecule has 2 saturated heterocycles. The van der Waals surface area contributed by atoms with Crippen LogP contribution in [0.25, 0.3) is 0 Å². The van der Waals surface area contributed by atoms with Crippen molar-refractivity contribution in [1.82, 2.24) is 9.80 Å². The molecule has 2 aliphatic rings. The first-order chi connectivity index (χ1) is 16.7. The normalized spacial score (nSPS) is 19.2. The monoisotopic (exact) mass is 491 g/mol. The van der Waals surface area contributed by atoms with Crippen molar-refractivity contribution in [2.75, 3.05) is 62.2 Å². The van der Waals surface area contributed by atoms with Crippen LogP contribution in [0.4, 0.5) is 30.2 Å². The van der Waals surface area contributed by atoms with E-state index in [4.69, 9.17) is 0 Å². The number of hydrogen-bond donors (Lipinski definition) is 0. The highest BCUT2D eigenvalue weighted by atomic mass is 19.1. The molecule has 2 aromatic carbocycles. The zero-order valence-corrected chi connectivity index (χ0v) is 19.7. The second-order valence-electron chi connectivity index (χ2n) is 8.86. The Labute approximate surface area is 201 Å².